The third kappa shape index (κ3) is 12.5. The first-order valence-corrected chi connectivity index (χ1v) is 20.6. The second-order valence-corrected chi connectivity index (χ2v) is 15.5. The number of carbonyl (C=O) groups is 3. The number of hydrogen-bond acceptors (Lipinski definition) is 10. The molecular weight excluding hydrogens is 839 g/mol. The van der Waals surface area contributed by atoms with Gasteiger partial charge in [0.1, 0.15) is 28.4 Å². The Labute approximate surface area is 382 Å². The second-order valence-electron chi connectivity index (χ2n) is 15.5. The predicted octanol–water partition coefficient (Wildman–Crippen LogP) is 10.4. The number of hydrogen-bond donors (Lipinski definition) is 6. The van der Waals surface area contributed by atoms with Crippen molar-refractivity contribution in [3.05, 3.63) is 171 Å². The highest BCUT2D eigenvalue weighted by atomic mass is 16.4. The van der Waals surface area contributed by atoms with Gasteiger partial charge in [0, 0.05) is 77.3 Å². The molecule has 0 spiro atoms. The molecule has 4 aromatic carbocycles. The average molecular weight is 894 g/mol. The molecule has 0 saturated heterocycles. The Morgan fingerprint density at radius 3 is 1.42 bits per heavy atom. The molecule has 13 heteroatoms. The van der Waals surface area contributed by atoms with Crippen molar-refractivity contribution < 1.29 is 38.5 Å². The topological polar surface area (TPSA) is 208 Å². The molecule has 0 atom stereocenters. The van der Waals surface area contributed by atoms with E-state index in [9.17, 15) is 39.3 Å². The van der Waals surface area contributed by atoms with Crippen LogP contribution in [0.1, 0.15) is 68.3 Å². The Hall–Kier alpha value is -8.19. The molecule has 2 aliphatic heterocycles. The molecule has 2 aliphatic carbocycles. The van der Waals surface area contributed by atoms with Crippen LogP contribution in [0.5, 0.6) is 5.75 Å². The Kier molecular flexibility index (Phi) is 17.2. The number of carboxylic acids is 2. The monoisotopic (exact) mass is 893 g/mol. The van der Waals surface area contributed by atoms with Crippen LogP contribution in [0, 0.1) is 6.92 Å². The van der Waals surface area contributed by atoms with E-state index in [1.54, 1.807) is 60.7 Å². The Bertz CT molecular complexity index is 2890. The first-order valence-electron chi connectivity index (χ1n) is 20.6. The Balaban J connectivity index is 0.000000219. The summed E-state index contributed by atoms with van der Waals surface area (Å²) >= 11 is 0. The summed E-state index contributed by atoms with van der Waals surface area (Å²) in [5.41, 5.74) is 5.87. The molecule has 4 aliphatic rings. The fourth-order valence-corrected chi connectivity index (χ4v) is 7.02. The predicted molar refractivity (Wildman–Crippen MR) is 262 cm³/mol. The molecule has 4 aromatic rings. The van der Waals surface area contributed by atoms with Gasteiger partial charge >= 0.3 is 11.9 Å². The van der Waals surface area contributed by atoms with Gasteiger partial charge in [-0.05, 0) is 106 Å². The number of carbonyl (C=O) groups excluding carboxylic acids is 1. The lowest BCUT2D eigenvalue weighted by Crippen LogP contribution is -2.28. The van der Waals surface area contributed by atoms with Crippen molar-refractivity contribution in [1.82, 2.24) is 16.0 Å². The molecular formula is C53H55N3O10. The average Bonchev–Trinajstić information content (AvgIpc) is 3.24. The number of aromatic hydroxyl groups is 1. The maximum absolute atomic E-state index is 11.8. The van der Waals surface area contributed by atoms with Crippen LogP contribution in [-0.4, -0.2) is 52.3 Å². The molecule has 0 aromatic heterocycles. The quantitative estimate of drug-likeness (QED) is 0.0788. The molecule has 0 saturated carbocycles. The molecule has 0 fully saturated rings. The maximum Gasteiger partial charge on any atom is 0.336 e. The van der Waals surface area contributed by atoms with Gasteiger partial charge in [0.2, 0.25) is 5.91 Å². The lowest BCUT2D eigenvalue weighted by Gasteiger charge is -2.16. The molecule has 13 nitrogen and oxygen atoms in total. The van der Waals surface area contributed by atoms with Crippen molar-refractivity contribution in [1.29, 1.82) is 0 Å². The largest absolute Gasteiger partial charge is 0.508 e. The minimum atomic E-state index is -1.04. The smallest absolute Gasteiger partial charge is 0.336 e. The number of nitrogens with one attached hydrogen (secondary N) is 3. The number of phenols is 1. The van der Waals surface area contributed by atoms with Crippen LogP contribution in [0.25, 0.3) is 66.8 Å². The van der Waals surface area contributed by atoms with Crippen molar-refractivity contribution in [2.75, 3.05) is 7.05 Å². The van der Waals surface area contributed by atoms with Gasteiger partial charge < -0.3 is 40.1 Å². The molecule has 0 unspecified atom stereocenters. The van der Waals surface area contributed by atoms with E-state index in [1.807, 2.05) is 46.0 Å². The zero-order valence-corrected chi connectivity index (χ0v) is 37.1. The van der Waals surface area contributed by atoms with Gasteiger partial charge in [-0.1, -0.05) is 62.5 Å². The number of carboxylic acid groups (broad SMARTS) is 2. The van der Waals surface area contributed by atoms with Gasteiger partial charge in [-0.2, -0.15) is 0 Å². The number of phenolic OH excluding ortho intramolecular Hbond substituents is 1. The second kappa shape index (κ2) is 22.4. The number of amides is 1. The Morgan fingerprint density at radius 1 is 0.591 bits per heavy atom. The number of aryl methyl sites for hydroxylation is 1. The molecule has 2 heterocycles. The van der Waals surface area contributed by atoms with Crippen molar-refractivity contribution in [2.24, 2.45) is 0 Å². The van der Waals surface area contributed by atoms with Gasteiger partial charge in [-0.15, -0.1) is 0 Å². The van der Waals surface area contributed by atoms with E-state index in [4.69, 9.17) is 8.83 Å². The fourth-order valence-electron chi connectivity index (χ4n) is 7.02. The molecule has 0 radical (unpaired) electrons. The molecule has 6 N–H and O–H groups in total. The van der Waals surface area contributed by atoms with Crippen molar-refractivity contribution in [3.8, 4) is 50.7 Å². The summed E-state index contributed by atoms with van der Waals surface area (Å²) < 4.78 is 11.7. The van der Waals surface area contributed by atoms with Crippen LogP contribution in [-0.2, 0) is 4.79 Å². The zero-order chi connectivity index (χ0) is 47.5. The summed E-state index contributed by atoms with van der Waals surface area (Å²) in [5, 5.41) is 39.0. The Morgan fingerprint density at radius 2 is 1.03 bits per heavy atom. The van der Waals surface area contributed by atoms with Gasteiger partial charge in [-0.3, -0.25) is 14.4 Å². The van der Waals surface area contributed by atoms with Crippen LogP contribution in [0.15, 0.2) is 152 Å². The van der Waals surface area contributed by atoms with Crippen LogP contribution < -0.4 is 26.8 Å². The highest BCUT2D eigenvalue weighted by Crippen LogP contribution is 2.43. The van der Waals surface area contributed by atoms with Crippen molar-refractivity contribution in [3.63, 3.8) is 0 Å². The first kappa shape index (κ1) is 50.5. The lowest BCUT2D eigenvalue weighted by atomic mass is 9.90. The van der Waals surface area contributed by atoms with Crippen LogP contribution in [0.4, 0.5) is 0 Å². The normalized spacial score (nSPS) is 10.4. The van der Waals surface area contributed by atoms with E-state index in [0.717, 1.165) is 22.3 Å². The van der Waals surface area contributed by atoms with E-state index < -0.39 is 11.9 Å². The van der Waals surface area contributed by atoms with E-state index in [-0.39, 0.29) is 47.1 Å². The molecule has 8 rings (SSSR count). The summed E-state index contributed by atoms with van der Waals surface area (Å²) in [6.07, 6.45) is 0. The summed E-state index contributed by atoms with van der Waals surface area (Å²) in [4.78, 5) is 57.0. The summed E-state index contributed by atoms with van der Waals surface area (Å²) in [7, 11) is 1.84. The summed E-state index contributed by atoms with van der Waals surface area (Å²) in [6, 6.07) is 33.6. The van der Waals surface area contributed by atoms with Crippen LogP contribution >= 0.6 is 0 Å². The van der Waals surface area contributed by atoms with Crippen LogP contribution in [0.3, 0.4) is 0 Å². The SMILES string of the molecule is C.C=C(NC)NC(C)C.CC(=O)NC(C)C.Cc1ccc2c(-c3ccccc3C(=O)O)c3ccc(=O)cc-3oc2c1.O=C(O)c1ccccc1-c1c2ccc(=O)cc-2oc2cc(O)ccc12. The first-order chi connectivity index (χ1) is 30.9. The van der Waals surface area contributed by atoms with Gasteiger partial charge in [0.15, 0.2) is 10.9 Å². The molecule has 342 valence electrons. The highest BCUT2D eigenvalue weighted by Gasteiger charge is 2.23. The van der Waals surface area contributed by atoms with Crippen molar-refractivity contribution >= 4 is 39.8 Å². The van der Waals surface area contributed by atoms with Gasteiger partial charge in [0.05, 0.1) is 16.9 Å². The fraction of sp³-hybridized carbons (Fsp3) is 0.189. The third-order valence-electron chi connectivity index (χ3n) is 9.64. The minimum absolute atomic E-state index is 0. The van der Waals surface area contributed by atoms with E-state index in [2.05, 4.69) is 36.4 Å². The molecule has 1 amide bonds. The van der Waals surface area contributed by atoms with E-state index in [1.165, 1.54) is 49.4 Å². The zero-order valence-electron chi connectivity index (χ0n) is 37.1. The summed E-state index contributed by atoms with van der Waals surface area (Å²) in [5.74, 6) is -0.329. The van der Waals surface area contributed by atoms with Crippen LogP contribution in [0.2, 0.25) is 0 Å². The van der Waals surface area contributed by atoms with Gasteiger partial charge in [-0.25, -0.2) is 9.59 Å². The highest BCUT2D eigenvalue weighted by molar-refractivity contribution is 6.08. The van der Waals surface area contributed by atoms with Crippen molar-refractivity contribution in [2.45, 2.75) is 61.1 Å². The van der Waals surface area contributed by atoms with E-state index in [0.29, 0.717) is 61.9 Å². The number of benzene rings is 6. The number of aromatic carboxylic acids is 2. The third-order valence-corrected chi connectivity index (χ3v) is 9.64. The minimum Gasteiger partial charge on any atom is -0.508 e. The number of rotatable bonds is 8. The lowest BCUT2D eigenvalue weighted by molar-refractivity contribution is -0.119. The molecule has 66 heavy (non-hydrogen) atoms. The number of fused-ring (bicyclic) bond motifs is 4. The maximum atomic E-state index is 11.8. The standard InChI is InChI=1S/C21H14O4.C20H12O5.C6H14N2.C5H11NO.CH4/c1-12-6-8-16-18(10-12)25-19-11-13(22)7-9-17(19)20(16)14-4-2-3-5-15(14)21(23)24;21-11-5-7-15-17(9-11)25-18-10-12(22)6-8-16(18)19(15)13-3-1-2-4-14(13)20(23)24;1-5(2)8-6(3)7-4;1-4(2)6-5(3)7;/h2-11H,1H3,(H,23,24);1-10,21H,(H,23,24);5,7-8H,3H2,1-2,4H3;4H,1-3H3,(H,6,7);1H4. The van der Waals surface area contributed by atoms with Gasteiger partial charge in [0.25, 0.3) is 0 Å². The van der Waals surface area contributed by atoms with E-state index >= 15 is 0 Å². The summed E-state index contributed by atoms with van der Waals surface area (Å²) in [6.45, 7) is 15.2. The molecule has 0 bridgehead atoms.